The molecule has 0 aliphatic carbocycles. The van der Waals surface area contributed by atoms with Gasteiger partial charge in [0.2, 0.25) is 0 Å². The number of hydrogen-bond donors (Lipinski definition) is 1. The lowest BCUT2D eigenvalue weighted by molar-refractivity contribution is 0.0706. The summed E-state index contributed by atoms with van der Waals surface area (Å²) in [6, 6.07) is 18.3. The number of likely N-dealkylation sites (tertiary alicyclic amines) is 1. The molecule has 2 aromatic heterocycles. The number of carbonyl (C=O) groups is 1. The first-order valence-corrected chi connectivity index (χ1v) is 11.1. The molecule has 1 atom stereocenters. The van der Waals surface area contributed by atoms with Crippen LogP contribution in [0.5, 0.6) is 0 Å². The van der Waals surface area contributed by atoms with Crippen LogP contribution in [0.25, 0.3) is 22.2 Å². The van der Waals surface area contributed by atoms with Gasteiger partial charge in [0.25, 0.3) is 5.91 Å². The summed E-state index contributed by atoms with van der Waals surface area (Å²) in [6.07, 6.45) is 1.94. The Bertz CT molecular complexity index is 1290. The number of nitrogens with zero attached hydrogens (tertiary/aromatic N) is 2. The zero-order valence-corrected chi connectivity index (χ0v) is 18.4. The average Bonchev–Trinajstić information content (AvgIpc) is 3.12. The highest BCUT2D eigenvalue weighted by Crippen LogP contribution is 2.29. The van der Waals surface area contributed by atoms with Crippen molar-refractivity contribution < 1.29 is 9.18 Å². The molecule has 1 aliphatic heterocycles. The Morgan fingerprint density at radius 2 is 1.91 bits per heavy atom. The highest BCUT2D eigenvalue weighted by atomic mass is 19.1. The molecule has 0 saturated carbocycles. The van der Waals surface area contributed by atoms with Crippen LogP contribution in [0.3, 0.4) is 0 Å². The van der Waals surface area contributed by atoms with Crippen LogP contribution in [-0.2, 0) is 0 Å². The van der Waals surface area contributed by atoms with Crippen molar-refractivity contribution >= 4 is 16.8 Å². The highest BCUT2D eigenvalue weighted by molar-refractivity contribution is 5.98. The third-order valence-electron chi connectivity index (χ3n) is 6.59. The van der Waals surface area contributed by atoms with Crippen LogP contribution >= 0.6 is 0 Å². The standard InChI is InChI=1S/C27H26FN3O/c1-17-18(2)29-26-15-20(10-13-23(17)26)27(32)31-14-4-5-21(16-31)25-7-3-6-24(30-25)19-8-11-22(28)12-9-19/h3,6-13,15,21,29H,4-5,14,16H2,1-2H3. The lowest BCUT2D eigenvalue weighted by Crippen LogP contribution is -2.39. The second-order valence-electron chi connectivity index (χ2n) is 8.68. The molecule has 2 aromatic carbocycles. The zero-order chi connectivity index (χ0) is 22.2. The number of hydrogen-bond acceptors (Lipinski definition) is 2. The molecule has 0 radical (unpaired) electrons. The van der Waals surface area contributed by atoms with Gasteiger partial charge < -0.3 is 9.88 Å². The highest BCUT2D eigenvalue weighted by Gasteiger charge is 2.27. The summed E-state index contributed by atoms with van der Waals surface area (Å²) >= 11 is 0. The van der Waals surface area contributed by atoms with Gasteiger partial charge in [-0.3, -0.25) is 9.78 Å². The fourth-order valence-corrected chi connectivity index (χ4v) is 4.65. The maximum Gasteiger partial charge on any atom is 0.253 e. The van der Waals surface area contributed by atoms with Gasteiger partial charge in [-0.2, -0.15) is 0 Å². The van der Waals surface area contributed by atoms with Crippen molar-refractivity contribution in [2.45, 2.75) is 32.6 Å². The number of piperidine rings is 1. The second-order valence-corrected chi connectivity index (χ2v) is 8.68. The fourth-order valence-electron chi connectivity index (χ4n) is 4.65. The van der Waals surface area contributed by atoms with E-state index in [1.807, 2.05) is 41.3 Å². The largest absolute Gasteiger partial charge is 0.358 e. The molecule has 1 unspecified atom stereocenters. The summed E-state index contributed by atoms with van der Waals surface area (Å²) in [5.74, 6) is -0.00259. The van der Waals surface area contributed by atoms with E-state index in [1.54, 1.807) is 12.1 Å². The van der Waals surface area contributed by atoms with Crippen molar-refractivity contribution in [1.29, 1.82) is 0 Å². The molecule has 5 heteroatoms. The quantitative estimate of drug-likeness (QED) is 0.436. The maximum absolute atomic E-state index is 13.3. The zero-order valence-electron chi connectivity index (χ0n) is 18.4. The summed E-state index contributed by atoms with van der Waals surface area (Å²) < 4.78 is 13.3. The van der Waals surface area contributed by atoms with Crippen LogP contribution in [0.4, 0.5) is 4.39 Å². The molecule has 1 fully saturated rings. The molecule has 32 heavy (non-hydrogen) atoms. The second kappa shape index (κ2) is 8.23. The Kier molecular flexibility index (Phi) is 5.25. The molecule has 1 amide bonds. The summed E-state index contributed by atoms with van der Waals surface area (Å²) in [5.41, 5.74) is 6.78. The van der Waals surface area contributed by atoms with E-state index in [-0.39, 0.29) is 17.6 Å². The summed E-state index contributed by atoms with van der Waals surface area (Å²) in [7, 11) is 0. The number of aromatic nitrogens is 2. The third kappa shape index (κ3) is 3.79. The molecule has 1 aliphatic rings. The first-order valence-electron chi connectivity index (χ1n) is 11.1. The van der Waals surface area contributed by atoms with Crippen molar-refractivity contribution in [2.75, 3.05) is 13.1 Å². The Balaban J connectivity index is 1.37. The van der Waals surface area contributed by atoms with Crippen molar-refractivity contribution in [3.05, 3.63) is 89.0 Å². The minimum absolute atomic E-state index is 0.0659. The lowest BCUT2D eigenvalue weighted by Gasteiger charge is -2.32. The molecule has 162 valence electrons. The normalized spacial score (nSPS) is 16.5. The molecular weight excluding hydrogens is 401 g/mol. The molecule has 4 nitrogen and oxygen atoms in total. The molecule has 0 spiro atoms. The number of H-pyrrole nitrogens is 1. The number of fused-ring (bicyclic) bond motifs is 1. The van der Waals surface area contributed by atoms with Gasteiger partial charge >= 0.3 is 0 Å². The SMILES string of the molecule is Cc1[nH]c2cc(C(=O)N3CCCC(c4cccc(-c5ccc(F)cc5)n4)C3)ccc2c1C. The Morgan fingerprint density at radius 1 is 1.09 bits per heavy atom. The Morgan fingerprint density at radius 3 is 2.72 bits per heavy atom. The van der Waals surface area contributed by atoms with Crippen molar-refractivity contribution in [3.8, 4) is 11.3 Å². The van der Waals surface area contributed by atoms with Crippen molar-refractivity contribution in [1.82, 2.24) is 14.9 Å². The molecule has 3 heterocycles. The minimum atomic E-state index is -0.255. The van der Waals surface area contributed by atoms with Crippen LogP contribution in [0.1, 0.15) is 46.1 Å². The number of aromatic amines is 1. The van der Waals surface area contributed by atoms with Crippen LogP contribution in [-0.4, -0.2) is 33.9 Å². The maximum atomic E-state index is 13.3. The number of carbonyl (C=O) groups excluding carboxylic acids is 1. The predicted octanol–water partition coefficient (Wildman–Crippen LogP) is 6.01. The Hall–Kier alpha value is -3.47. The van der Waals surface area contributed by atoms with Gasteiger partial charge in [-0.1, -0.05) is 12.1 Å². The van der Waals surface area contributed by atoms with E-state index in [1.165, 1.54) is 17.7 Å². The number of nitrogens with one attached hydrogen (secondary N) is 1. The van der Waals surface area contributed by atoms with Crippen molar-refractivity contribution in [3.63, 3.8) is 0 Å². The van der Waals surface area contributed by atoms with E-state index in [9.17, 15) is 9.18 Å². The van der Waals surface area contributed by atoms with Gasteiger partial charge in [0.1, 0.15) is 5.82 Å². The van der Waals surface area contributed by atoms with Crippen molar-refractivity contribution in [2.24, 2.45) is 0 Å². The molecular formula is C27H26FN3O. The number of halogens is 1. The first kappa shape index (κ1) is 20.4. The number of amides is 1. The predicted molar refractivity (Wildman–Crippen MR) is 125 cm³/mol. The lowest BCUT2D eigenvalue weighted by atomic mass is 9.93. The van der Waals surface area contributed by atoms with E-state index >= 15 is 0 Å². The van der Waals surface area contributed by atoms with E-state index in [2.05, 4.69) is 18.8 Å². The summed E-state index contributed by atoms with van der Waals surface area (Å²) in [5, 5.41) is 1.16. The summed E-state index contributed by atoms with van der Waals surface area (Å²) in [6.45, 7) is 5.56. The first-order chi connectivity index (χ1) is 15.5. The smallest absolute Gasteiger partial charge is 0.253 e. The van der Waals surface area contributed by atoms with Gasteiger partial charge in [0.05, 0.1) is 5.69 Å². The van der Waals surface area contributed by atoms with E-state index in [0.29, 0.717) is 12.1 Å². The van der Waals surface area contributed by atoms with Gasteiger partial charge in [-0.05, 0) is 80.8 Å². The third-order valence-corrected chi connectivity index (χ3v) is 6.59. The number of aryl methyl sites for hydroxylation is 2. The van der Waals surface area contributed by atoms with Crippen LogP contribution in [0, 0.1) is 19.7 Å². The summed E-state index contributed by atoms with van der Waals surface area (Å²) in [4.78, 5) is 23.5. The van der Waals surface area contributed by atoms with Gasteiger partial charge in [0, 0.05) is 52.4 Å². The molecule has 1 N–H and O–H groups in total. The minimum Gasteiger partial charge on any atom is -0.358 e. The fraction of sp³-hybridized carbons (Fsp3) is 0.259. The number of benzene rings is 2. The monoisotopic (exact) mass is 427 g/mol. The van der Waals surface area contributed by atoms with E-state index < -0.39 is 0 Å². The molecule has 1 saturated heterocycles. The number of rotatable bonds is 3. The van der Waals surface area contributed by atoms with Gasteiger partial charge in [-0.15, -0.1) is 0 Å². The average molecular weight is 428 g/mol. The molecule has 4 aromatic rings. The topological polar surface area (TPSA) is 49.0 Å². The van der Waals surface area contributed by atoms with Gasteiger partial charge in [0.15, 0.2) is 0 Å². The van der Waals surface area contributed by atoms with Crippen LogP contribution in [0.15, 0.2) is 60.7 Å². The number of pyridine rings is 1. The molecule has 0 bridgehead atoms. The van der Waals surface area contributed by atoms with Crippen LogP contribution < -0.4 is 0 Å². The van der Waals surface area contributed by atoms with E-state index in [4.69, 9.17) is 4.98 Å². The van der Waals surface area contributed by atoms with Gasteiger partial charge in [-0.25, -0.2) is 4.39 Å². The molecule has 5 rings (SSSR count). The van der Waals surface area contributed by atoms with Crippen LogP contribution in [0.2, 0.25) is 0 Å². The van der Waals surface area contributed by atoms with E-state index in [0.717, 1.165) is 52.9 Å². The Labute approximate surface area is 187 Å².